The Kier molecular flexibility index (Phi) is 2.21. The zero-order valence-corrected chi connectivity index (χ0v) is 8.23. The number of methoxy groups -OCH3 is 1. The van der Waals surface area contributed by atoms with Crippen LogP contribution in [0.15, 0.2) is 24.3 Å². The molecular weight excluding hydrogens is 178 g/mol. The van der Waals surface area contributed by atoms with Crippen LogP contribution in [0.4, 0.5) is 0 Å². The van der Waals surface area contributed by atoms with Crippen molar-refractivity contribution in [1.29, 1.82) is 0 Å². The summed E-state index contributed by atoms with van der Waals surface area (Å²) in [5.41, 5.74) is 6.17. The molecule has 1 unspecified atom stereocenters. The summed E-state index contributed by atoms with van der Waals surface area (Å²) in [6, 6.07) is 7.23. The standard InChI is InChI=1S/C11H15NO2/c1-14-9-5-3-2-4-8(9)10(12)11(13)6-7-11/h2-5,10,13H,6-7,12H2,1H3. The minimum absolute atomic E-state index is 0.335. The number of nitrogens with two attached hydrogens (primary N) is 1. The largest absolute Gasteiger partial charge is 0.496 e. The molecular formula is C11H15NO2. The third kappa shape index (κ3) is 1.49. The number of para-hydroxylation sites is 1. The van der Waals surface area contributed by atoms with Gasteiger partial charge < -0.3 is 15.6 Å². The second-order valence-electron chi connectivity index (χ2n) is 3.82. The molecule has 1 fully saturated rings. The Bertz CT molecular complexity index is 334. The van der Waals surface area contributed by atoms with Crippen LogP contribution in [0.25, 0.3) is 0 Å². The first-order valence-electron chi connectivity index (χ1n) is 4.78. The van der Waals surface area contributed by atoms with Crippen molar-refractivity contribution in [3.8, 4) is 5.75 Å². The fraction of sp³-hybridized carbons (Fsp3) is 0.455. The fourth-order valence-corrected chi connectivity index (χ4v) is 1.65. The molecule has 0 heterocycles. The quantitative estimate of drug-likeness (QED) is 0.759. The van der Waals surface area contributed by atoms with Gasteiger partial charge >= 0.3 is 0 Å². The number of ether oxygens (including phenoxy) is 1. The van der Waals surface area contributed by atoms with Crippen molar-refractivity contribution in [1.82, 2.24) is 0 Å². The van der Waals surface area contributed by atoms with Gasteiger partial charge in [-0.25, -0.2) is 0 Å². The third-order valence-corrected chi connectivity index (χ3v) is 2.82. The summed E-state index contributed by atoms with van der Waals surface area (Å²) < 4.78 is 5.20. The highest BCUT2D eigenvalue weighted by Crippen LogP contribution is 2.46. The number of aliphatic hydroxyl groups is 1. The molecule has 0 aromatic heterocycles. The van der Waals surface area contributed by atoms with Crippen LogP contribution in [-0.2, 0) is 0 Å². The van der Waals surface area contributed by atoms with E-state index in [2.05, 4.69) is 0 Å². The lowest BCUT2D eigenvalue weighted by atomic mass is 10.00. The van der Waals surface area contributed by atoms with Crippen LogP contribution in [0.2, 0.25) is 0 Å². The van der Waals surface area contributed by atoms with Gasteiger partial charge in [-0.3, -0.25) is 0 Å². The van der Waals surface area contributed by atoms with Crippen LogP contribution in [0.1, 0.15) is 24.4 Å². The van der Waals surface area contributed by atoms with Gasteiger partial charge in [0.15, 0.2) is 0 Å². The van der Waals surface area contributed by atoms with E-state index in [-0.39, 0.29) is 6.04 Å². The first kappa shape index (κ1) is 9.49. The molecule has 0 radical (unpaired) electrons. The van der Waals surface area contributed by atoms with Crippen molar-refractivity contribution in [2.45, 2.75) is 24.5 Å². The van der Waals surface area contributed by atoms with Gasteiger partial charge in [0.05, 0.1) is 18.8 Å². The lowest BCUT2D eigenvalue weighted by molar-refractivity contribution is 0.118. The summed E-state index contributed by atoms with van der Waals surface area (Å²) in [7, 11) is 1.61. The molecule has 3 N–H and O–H groups in total. The molecule has 1 saturated carbocycles. The second-order valence-corrected chi connectivity index (χ2v) is 3.82. The molecule has 3 nitrogen and oxygen atoms in total. The maximum Gasteiger partial charge on any atom is 0.123 e. The van der Waals surface area contributed by atoms with Crippen LogP contribution < -0.4 is 10.5 Å². The number of hydrogen-bond donors (Lipinski definition) is 2. The highest BCUT2D eigenvalue weighted by Gasteiger charge is 2.47. The minimum Gasteiger partial charge on any atom is -0.496 e. The average Bonchev–Trinajstić information content (AvgIpc) is 2.97. The SMILES string of the molecule is COc1ccccc1C(N)C1(O)CC1. The molecule has 1 aromatic rings. The molecule has 1 aliphatic rings. The number of hydrogen-bond acceptors (Lipinski definition) is 3. The Balaban J connectivity index is 2.30. The zero-order chi connectivity index (χ0) is 10.2. The van der Waals surface area contributed by atoms with Gasteiger partial charge in [-0.05, 0) is 18.9 Å². The highest BCUT2D eigenvalue weighted by molar-refractivity contribution is 5.38. The predicted octanol–water partition coefficient (Wildman–Crippen LogP) is 1.22. The van der Waals surface area contributed by atoms with Crippen LogP contribution in [-0.4, -0.2) is 17.8 Å². The summed E-state index contributed by atoms with van der Waals surface area (Å²) >= 11 is 0. The first-order valence-corrected chi connectivity index (χ1v) is 4.78. The van der Waals surface area contributed by atoms with Crippen LogP contribution >= 0.6 is 0 Å². The lowest BCUT2D eigenvalue weighted by Crippen LogP contribution is -2.28. The molecule has 1 aliphatic carbocycles. The van der Waals surface area contributed by atoms with E-state index in [0.717, 1.165) is 24.2 Å². The molecule has 0 bridgehead atoms. The maximum atomic E-state index is 9.89. The van der Waals surface area contributed by atoms with Gasteiger partial charge in [0.2, 0.25) is 0 Å². The van der Waals surface area contributed by atoms with E-state index in [0.29, 0.717) is 0 Å². The molecule has 14 heavy (non-hydrogen) atoms. The Labute approximate surface area is 83.5 Å². The maximum absolute atomic E-state index is 9.89. The lowest BCUT2D eigenvalue weighted by Gasteiger charge is -2.20. The fourth-order valence-electron chi connectivity index (χ4n) is 1.65. The molecule has 0 spiro atoms. The molecule has 0 amide bonds. The summed E-state index contributed by atoms with van der Waals surface area (Å²) in [5.74, 6) is 0.750. The molecule has 1 atom stereocenters. The average molecular weight is 193 g/mol. The van der Waals surface area contributed by atoms with Gasteiger partial charge in [0.1, 0.15) is 5.75 Å². The number of benzene rings is 1. The first-order chi connectivity index (χ1) is 6.67. The topological polar surface area (TPSA) is 55.5 Å². The normalized spacial score (nSPS) is 20.2. The third-order valence-electron chi connectivity index (χ3n) is 2.82. The van der Waals surface area contributed by atoms with Crippen molar-refractivity contribution in [3.63, 3.8) is 0 Å². The van der Waals surface area contributed by atoms with Gasteiger partial charge in [0, 0.05) is 5.56 Å². The van der Waals surface area contributed by atoms with Crippen molar-refractivity contribution in [3.05, 3.63) is 29.8 Å². The number of rotatable bonds is 3. The van der Waals surface area contributed by atoms with Crippen LogP contribution in [0, 0.1) is 0 Å². The summed E-state index contributed by atoms with van der Waals surface area (Å²) in [4.78, 5) is 0. The van der Waals surface area contributed by atoms with Gasteiger partial charge in [-0.15, -0.1) is 0 Å². The van der Waals surface area contributed by atoms with E-state index in [1.165, 1.54) is 0 Å². The summed E-state index contributed by atoms with van der Waals surface area (Å²) in [5, 5.41) is 9.89. The molecule has 2 rings (SSSR count). The molecule has 76 valence electrons. The Morgan fingerprint density at radius 1 is 1.43 bits per heavy atom. The molecule has 0 saturated heterocycles. The smallest absolute Gasteiger partial charge is 0.123 e. The summed E-state index contributed by atoms with van der Waals surface area (Å²) in [6.45, 7) is 0. The van der Waals surface area contributed by atoms with Crippen molar-refractivity contribution in [2.24, 2.45) is 5.73 Å². The predicted molar refractivity (Wildman–Crippen MR) is 54.1 cm³/mol. The Hall–Kier alpha value is -1.06. The van der Waals surface area contributed by atoms with Crippen molar-refractivity contribution >= 4 is 0 Å². The summed E-state index contributed by atoms with van der Waals surface area (Å²) in [6.07, 6.45) is 1.57. The molecule has 0 aliphatic heterocycles. The van der Waals surface area contributed by atoms with E-state index >= 15 is 0 Å². The zero-order valence-electron chi connectivity index (χ0n) is 8.23. The molecule has 1 aromatic carbocycles. The van der Waals surface area contributed by atoms with Crippen molar-refractivity contribution < 1.29 is 9.84 Å². The van der Waals surface area contributed by atoms with Crippen LogP contribution in [0.5, 0.6) is 5.75 Å². The Morgan fingerprint density at radius 3 is 2.64 bits per heavy atom. The monoisotopic (exact) mass is 193 g/mol. The van der Waals surface area contributed by atoms with E-state index in [9.17, 15) is 5.11 Å². The van der Waals surface area contributed by atoms with E-state index in [1.807, 2.05) is 24.3 Å². The second kappa shape index (κ2) is 3.26. The van der Waals surface area contributed by atoms with E-state index < -0.39 is 5.60 Å². The Morgan fingerprint density at radius 2 is 2.07 bits per heavy atom. The molecule has 3 heteroatoms. The van der Waals surface area contributed by atoms with Gasteiger partial charge in [0.25, 0.3) is 0 Å². The van der Waals surface area contributed by atoms with Gasteiger partial charge in [-0.1, -0.05) is 18.2 Å². The van der Waals surface area contributed by atoms with Crippen LogP contribution in [0.3, 0.4) is 0 Å². The van der Waals surface area contributed by atoms with Gasteiger partial charge in [-0.2, -0.15) is 0 Å². The minimum atomic E-state index is -0.700. The highest BCUT2D eigenvalue weighted by atomic mass is 16.5. The van der Waals surface area contributed by atoms with Crippen molar-refractivity contribution in [2.75, 3.05) is 7.11 Å². The van der Waals surface area contributed by atoms with E-state index in [4.69, 9.17) is 10.5 Å². The van der Waals surface area contributed by atoms with E-state index in [1.54, 1.807) is 7.11 Å².